The molecule has 0 aromatic rings. The zero-order valence-corrected chi connectivity index (χ0v) is 12.0. The predicted octanol–water partition coefficient (Wildman–Crippen LogP) is -1.68. The van der Waals surface area contributed by atoms with Crippen LogP contribution in [0.4, 0.5) is 0 Å². The molecule has 1 fully saturated rings. The van der Waals surface area contributed by atoms with Gasteiger partial charge in [0.2, 0.25) is 5.91 Å². The third-order valence-corrected chi connectivity index (χ3v) is 3.25. The van der Waals surface area contributed by atoms with Crippen molar-refractivity contribution in [2.45, 2.75) is 56.8 Å². The van der Waals surface area contributed by atoms with Crippen molar-refractivity contribution in [3.05, 3.63) is 0 Å². The van der Waals surface area contributed by atoms with E-state index in [-0.39, 0.29) is 6.61 Å². The van der Waals surface area contributed by atoms with E-state index < -0.39 is 43.2 Å². The Hall–Kier alpha value is -1.06. The van der Waals surface area contributed by atoms with Crippen LogP contribution < -0.4 is 5.32 Å². The van der Waals surface area contributed by atoms with Crippen LogP contribution in [0.25, 0.3) is 0 Å². The molecule has 8 nitrogen and oxygen atoms in total. The van der Waals surface area contributed by atoms with Gasteiger partial charge >= 0.3 is 0 Å². The zero-order chi connectivity index (χ0) is 15.8. The summed E-state index contributed by atoms with van der Waals surface area (Å²) in [4.78, 5) is 21.4. The van der Waals surface area contributed by atoms with E-state index in [1.54, 1.807) is 0 Å². The number of unbranched alkanes of at least 4 members (excludes halogenated alkanes) is 2. The number of rotatable bonds is 8. The molecule has 1 saturated heterocycles. The molecule has 0 saturated carbocycles. The van der Waals surface area contributed by atoms with Gasteiger partial charge in [-0.1, -0.05) is 0 Å². The minimum atomic E-state index is -1.32. The Balaban J connectivity index is 2.60. The van der Waals surface area contributed by atoms with Gasteiger partial charge in [-0.05, 0) is 12.8 Å². The van der Waals surface area contributed by atoms with Gasteiger partial charge in [0.05, 0.1) is 6.61 Å². The molecule has 8 heteroatoms. The largest absolute Gasteiger partial charge is 0.394 e. The molecule has 0 bridgehead atoms. The molecule has 0 radical (unpaired) electrons. The standard InChI is InChI=1S/C13H23NO7/c1-8(17)14-10-12(19)11(18)9(7-16)21-13(10)20-6-4-2-3-5-15/h5,9-13,16,18-19H,2-4,6-7H2,1H3,(H,14,17)/t9?,10?,11-,12?,13+/m0/s1. The lowest BCUT2D eigenvalue weighted by molar-refractivity contribution is -0.270. The van der Waals surface area contributed by atoms with Crippen molar-refractivity contribution in [3.63, 3.8) is 0 Å². The summed E-state index contributed by atoms with van der Waals surface area (Å²) in [5.41, 5.74) is 0. The number of carbonyl (C=O) groups excluding carboxylic acids is 2. The van der Waals surface area contributed by atoms with Crippen LogP contribution in [0.3, 0.4) is 0 Å². The lowest BCUT2D eigenvalue weighted by atomic mass is 9.97. The summed E-state index contributed by atoms with van der Waals surface area (Å²) in [7, 11) is 0. The van der Waals surface area contributed by atoms with Gasteiger partial charge < -0.3 is 34.9 Å². The average molecular weight is 305 g/mol. The Morgan fingerprint density at radius 2 is 2.05 bits per heavy atom. The third-order valence-electron chi connectivity index (χ3n) is 3.25. The lowest BCUT2D eigenvalue weighted by Crippen LogP contribution is -2.64. The van der Waals surface area contributed by atoms with Crippen LogP contribution in [0.2, 0.25) is 0 Å². The summed E-state index contributed by atoms with van der Waals surface area (Å²) in [6, 6.07) is -0.925. The molecule has 1 amide bonds. The van der Waals surface area contributed by atoms with Gasteiger partial charge in [0, 0.05) is 20.0 Å². The van der Waals surface area contributed by atoms with Gasteiger partial charge in [-0.2, -0.15) is 0 Å². The van der Waals surface area contributed by atoms with Crippen molar-refractivity contribution in [3.8, 4) is 0 Å². The number of carbonyl (C=O) groups is 2. The van der Waals surface area contributed by atoms with Crippen molar-refractivity contribution in [2.75, 3.05) is 13.2 Å². The monoisotopic (exact) mass is 305 g/mol. The van der Waals surface area contributed by atoms with Crippen molar-refractivity contribution < 1.29 is 34.4 Å². The molecule has 0 aromatic heterocycles. The van der Waals surface area contributed by atoms with Crippen LogP contribution in [0, 0.1) is 0 Å². The summed E-state index contributed by atoms with van der Waals surface area (Å²) in [5, 5.41) is 31.4. The van der Waals surface area contributed by atoms with Crippen LogP contribution in [-0.2, 0) is 19.1 Å². The van der Waals surface area contributed by atoms with Gasteiger partial charge in [0.25, 0.3) is 0 Å². The number of hydrogen-bond donors (Lipinski definition) is 4. The first kappa shape index (κ1) is 18.0. The SMILES string of the molecule is CC(=O)NC1C(O)[C@@H](O)C(CO)O[C@H]1OCCCCC=O. The van der Waals surface area contributed by atoms with Crippen molar-refractivity contribution >= 4 is 12.2 Å². The summed E-state index contributed by atoms with van der Waals surface area (Å²) in [6.07, 6.45) is -2.04. The summed E-state index contributed by atoms with van der Waals surface area (Å²) < 4.78 is 10.8. The molecule has 4 N–H and O–H groups in total. The maximum atomic E-state index is 11.2. The first-order chi connectivity index (χ1) is 10.0. The summed E-state index contributed by atoms with van der Waals surface area (Å²) >= 11 is 0. The highest BCUT2D eigenvalue weighted by molar-refractivity contribution is 5.73. The Morgan fingerprint density at radius 3 is 2.62 bits per heavy atom. The Kier molecular flexibility index (Phi) is 7.76. The second-order valence-corrected chi connectivity index (χ2v) is 4.97. The van der Waals surface area contributed by atoms with E-state index >= 15 is 0 Å². The first-order valence-electron chi connectivity index (χ1n) is 6.96. The second kappa shape index (κ2) is 9.06. The number of hydrogen-bond acceptors (Lipinski definition) is 7. The second-order valence-electron chi connectivity index (χ2n) is 4.97. The fourth-order valence-electron chi connectivity index (χ4n) is 2.14. The molecule has 1 heterocycles. The number of aliphatic hydroxyl groups is 3. The maximum Gasteiger partial charge on any atom is 0.217 e. The molecule has 1 aliphatic rings. The topological polar surface area (TPSA) is 125 Å². The fourth-order valence-corrected chi connectivity index (χ4v) is 2.14. The van der Waals surface area contributed by atoms with Crippen LogP contribution in [0.15, 0.2) is 0 Å². The molecule has 21 heavy (non-hydrogen) atoms. The molecule has 3 unspecified atom stereocenters. The van der Waals surface area contributed by atoms with E-state index in [1.165, 1.54) is 6.92 Å². The Morgan fingerprint density at radius 1 is 1.33 bits per heavy atom. The summed E-state index contributed by atoms with van der Waals surface area (Å²) in [5.74, 6) is -0.396. The minimum Gasteiger partial charge on any atom is -0.394 e. The van der Waals surface area contributed by atoms with Gasteiger partial charge in [-0.25, -0.2) is 0 Å². The van der Waals surface area contributed by atoms with Crippen LogP contribution in [-0.4, -0.2) is 71.4 Å². The van der Waals surface area contributed by atoms with Gasteiger partial charge in [-0.3, -0.25) is 4.79 Å². The molecule has 122 valence electrons. The molecular weight excluding hydrogens is 282 g/mol. The van der Waals surface area contributed by atoms with Crippen LogP contribution in [0.5, 0.6) is 0 Å². The minimum absolute atomic E-state index is 0.273. The molecular formula is C13H23NO7. The highest BCUT2D eigenvalue weighted by Crippen LogP contribution is 2.22. The van der Waals surface area contributed by atoms with E-state index in [0.29, 0.717) is 19.3 Å². The van der Waals surface area contributed by atoms with E-state index in [1.807, 2.05) is 0 Å². The molecule has 0 spiro atoms. The molecule has 0 aromatic carbocycles. The average Bonchev–Trinajstić information content (AvgIpc) is 2.45. The van der Waals surface area contributed by atoms with E-state index in [0.717, 1.165) is 6.29 Å². The van der Waals surface area contributed by atoms with Gasteiger partial charge in [0.15, 0.2) is 6.29 Å². The zero-order valence-electron chi connectivity index (χ0n) is 12.0. The van der Waals surface area contributed by atoms with Crippen molar-refractivity contribution in [1.82, 2.24) is 5.32 Å². The van der Waals surface area contributed by atoms with E-state index in [2.05, 4.69) is 5.32 Å². The van der Waals surface area contributed by atoms with E-state index in [9.17, 15) is 19.8 Å². The Bertz CT molecular complexity index is 338. The van der Waals surface area contributed by atoms with Gasteiger partial charge in [0.1, 0.15) is 30.6 Å². The normalized spacial score (nSPS) is 32.7. The lowest BCUT2D eigenvalue weighted by Gasteiger charge is -2.42. The molecule has 1 aliphatic heterocycles. The Labute approximate surface area is 123 Å². The van der Waals surface area contributed by atoms with E-state index in [4.69, 9.17) is 14.6 Å². The highest BCUT2D eigenvalue weighted by atomic mass is 16.7. The number of ether oxygens (including phenoxy) is 2. The van der Waals surface area contributed by atoms with Crippen molar-refractivity contribution in [1.29, 1.82) is 0 Å². The number of nitrogens with one attached hydrogen (secondary N) is 1. The molecule has 0 aliphatic carbocycles. The summed E-state index contributed by atoms with van der Waals surface area (Å²) in [6.45, 7) is 1.07. The number of aliphatic hydroxyl groups excluding tert-OH is 3. The maximum absolute atomic E-state index is 11.2. The fraction of sp³-hybridized carbons (Fsp3) is 0.846. The molecule has 1 rings (SSSR count). The molecule has 5 atom stereocenters. The number of aldehydes is 1. The first-order valence-corrected chi connectivity index (χ1v) is 6.96. The van der Waals surface area contributed by atoms with Crippen LogP contribution in [0.1, 0.15) is 26.2 Å². The predicted molar refractivity (Wildman–Crippen MR) is 71.2 cm³/mol. The van der Waals surface area contributed by atoms with Crippen LogP contribution >= 0.6 is 0 Å². The smallest absolute Gasteiger partial charge is 0.217 e. The highest BCUT2D eigenvalue weighted by Gasteiger charge is 2.45. The third kappa shape index (κ3) is 5.33. The quantitative estimate of drug-likeness (QED) is 0.311. The van der Waals surface area contributed by atoms with Gasteiger partial charge in [-0.15, -0.1) is 0 Å². The number of amides is 1. The van der Waals surface area contributed by atoms with Crippen molar-refractivity contribution in [2.24, 2.45) is 0 Å².